The predicted molar refractivity (Wildman–Crippen MR) is 68.2 cm³/mol. The summed E-state index contributed by atoms with van der Waals surface area (Å²) in [5.74, 6) is 0.827. The molecule has 3 aromatic rings. The van der Waals surface area contributed by atoms with Gasteiger partial charge in [0.05, 0.1) is 5.52 Å². The van der Waals surface area contributed by atoms with Crippen molar-refractivity contribution in [1.29, 1.82) is 0 Å². The third-order valence-electron chi connectivity index (χ3n) is 2.68. The fourth-order valence-corrected chi connectivity index (χ4v) is 1.77. The summed E-state index contributed by atoms with van der Waals surface area (Å²) >= 11 is 0. The molecule has 0 saturated carbocycles. The highest BCUT2D eigenvalue weighted by Crippen LogP contribution is 2.19. The summed E-state index contributed by atoms with van der Waals surface area (Å²) in [6.07, 6.45) is 5.48. The van der Waals surface area contributed by atoms with E-state index in [1.807, 2.05) is 42.1 Å². The summed E-state index contributed by atoms with van der Waals surface area (Å²) in [4.78, 5) is 8.52. The number of anilines is 2. The van der Waals surface area contributed by atoms with Gasteiger partial charge in [-0.25, -0.2) is 4.98 Å². The molecule has 2 heterocycles. The first kappa shape index (κ1) is 9.84. The zero-order chi connectivity index (χ0) is 11.7. The number of nitrogens with one attached hydrogen (secondary N) is 1. The monoisotopic (exact) mass is 224 g/mol. The largest absolute Gasteiger partial charge is 0.326 e. The van der Waals surface area contributed by atoms with Gasteiger partial charge in [0, 0.05) is 36.7 Å². The number of rotatable bonds is 2. The van der Waals surface area contributed by atoms with E-state index >= 15 is 0 Å². The van der Waals surface area contributed by atoms with Crippen LogP contribution in [0.4, 0.5) is 11.6 Å². The first-order chi connectivity index (χ1) is 8.33. The molecule has 84 valence electrons. The van der Waals surface area contributed by atoms with E-state index in [2.05, 4.69) is 21.4 Å². The molecule has 4 heteroatoms. The van der Waals surface area contributed by atoms with Gasteiger partial charge in [0.2, 0.25) is 5.95 Å². The summed E-state index contributed by atoms with van der Waals surface area (Å²) in [5.41, 5.74) is 2.01. The minimum atomic E-state index is 0.827. The highest BCUT2D eigenvalue weighted by atomic mass is 15.2. The lowest BCUT2D eigenvalue weighted by molar-refractivity contribution is 0.924. The summed E-state index contributed by atoms with van der Waals surface area (Å²) in [6, 6.07) is 10.1. The van der Waals surface area contributed by atoms with Crippen LogP contribution in [-0.2, 0) is 7.05 Å². The van der Waals surface area contributed by atoms with E-state index in [9.17, 15) is 0 Å². The van der Waals surface area contributed by atoms with Crippen LogP contribution < -0.4 is 5.32 Å². The Morgan fingerprint density at radius 3 is 2.88 bits per heavy atom. The Labute approximate surface area is 98.9 Å². The van der Waals surface area contributed by atoms with Crippen LogP contribution in [0.1, 0.15) is 0 Å². The SMILES string of the molecule is Cn1ccnc1Nc1ccc2ncccc2c1. The minimum absolute atomic E-state index is 0.827. The first-order valence-electron chi connectivity index (χ1n) is 5.42. The molecule has 0 amide bonds. The second-order valence-corrected chi connectivity index (χ2v) is 3.90. The maximum atomic E-state index is 4.29. The third-order valence-corrected chi connectivity index (χ3v) is 2.68. The van der Waals surface area contributed by atoms with Gasteiger partial charge in [0.25, 0.3) is 0 Å². The molecule has 0 bridgehead atoms. The Hall–Kier alpha value is -2.36. The average Bonchev–Trinajstić information content (AvgIpc) is 2.75. The number of pyridine rings is 1. The molecule has 3 rings (SSSR count). The summed E-state index contributed by atoms with van der Waals surface area (Å²) in [6.45, 7) is 0. The Morgan fingerprint density at radius 2 is 2.06 bits per heavy atom. The molecule has 17 heavy (non-hydrogen) atoms. The number of hydrogen-bond donors (Lipinski definition) is 1. The number of benzene rings is 1. The second-order valence-electron chi connectivity index (χ2n) is 3.90. The molecular weight excluding hydrogens is 212 g/mol. The van der Waals surface area contributed by atoms with Crippen molar-refractivity contribution in [3.63, 3.8) is 0 Å². The number of imidazole rings is 1. The van der Waals surface area contributed by atoms with E-state index in [4.69, 9.17) is 0 Å². The standard InChI is InChI=1S/C13H12N4/c1-17-8-7-15-13(17)16-11-4-5-12-10(9-11)3-2-6-14-12/h2-9H,1H3,(H,15,16). The lowest BCUT2D eigenvalue weighted by Crippen LogP contribution is -1.98. The molecule has 0 spiro atoms. The smallest absolute Gasteiger partial charge is 0.207 e. The number of hydrogen-bond acceptors (Lipinski definition) is 3. The highest BCUT2D eigenvalue weighted by Gasteiger charge is 2.00. The Morgan fingerprint density at radius 1 is 1.12 bits per heavy atom. The zero-order valence-electron chi connectivity index (χ0n) is 9.46. The summed E-state index contributed by atoms with van der Waals surface area (Å²) in [5, 5.41) is 4.39. The molecule has 0 aliphatic heterocycles. The normalized spacial score (nSPS) is 10.6. The van der Waals surface area contributed by atoms with E-state index in [-0.39, 0.29) is 0 Å². The van der Waals surface area contributed by atoms with Gasteiger partial charge in [-0.1, -0.05) is 6.07 Å². The quantitative estimate of drug-likeness (QED) is 0.727. The van der Waals surface area contributed by atoms with Crippen molar-refractivity contribution in [2.75, 3.05) is 5.32 Å². The predicted octanol–water partition coefficient (Wildman–Crippen LogP) is 2.71. The van der Waals surface area contributed by atoms with Gasteiger partial charge in [0.15, 0.2) is 0 Å². The van der Waals surface area contributed by atoms with Crippen molar-refractivity contribution >= 4 is 22.5 Å². The Kier molecular flexibility index (Phi) is 2.26. The van der Waals surface area contributed by atoms with E-state index in [1.54, 1.807) is 12.4 Å². The molecule has 1 aromatic carbocycles. The number of nitrogens with zero attached hydrogens (tertiary/aromatic N) is 3. The summed E-state index contributed by atoms with van der Waals surface area (Å²) in [7, 11) is 1.96. The minimum Gasteiger partial charge on any atom is -0.326 e. The highest BCUT2D eigenvalue weighted by molar-refractivity contribution is 5.82. The van der Waals surface area contributed by atoms with Crippen LogP contribution in [0.25, 0.3) is 10.9 Å². The van der Waals surface area contributed by atoms with Crippen LogP contribution in [0.15, 0.2) is 48.9 Å². The van der Waals surface area contributed by atoms with Crippen LogP contribution in [0, 0.1) is 0 Å². The second kappa shape index (κ2) is 3.90. The van der Waals surface area contributed by atoms with Crippen molar-refractivity contribution in [3.8, 4) is 0 Å². The molecule has 4 nitrogen and oxygen atoms in total. The maximum Gasteiger partial charge on any atom is 0.207 e. The van der Waals surface area contributed by atoms with Gasteiger partial charge in [-0.15, -0.1) is 0 Å². The molecule has 0 aliphatic rings. The Balaban J connectivity index is 1.99. The summed E-state index contributed by atoms with van der Waals surface area (Å²) < 4.78 is 1.94. The number of aromatic nitrogens is 3. The van der Waals surface area contributed by atoms with Gasteiger partial charge in [0.1, 0.15) is 0 Å². The van der Waals surface area contributed by atoms with Crippen LogP contribution in [0.2, 0.25) is 0 Å². The Bertz CT molecular complexity index is 657. The molecule has 0 atom stereocenters. The van der Waals surface area contributed by atoms with E-state index in [0.717, 1.165) is 22.5 Å². The zero-order valence-corrected chi connectivity index (χ0v) is 9.46. The van der Waals surface area contributed by atoms with Crippen molar-refractivity contribution in [3.05, 3.63) is 48.9 Å². The van der Waals surface area contributed by atoms with Crippen LogP contribution >= 0.6 is 0 Å². The first-order valence-corrected chi connectivity index (χ1v) is 5.42. The van der Waals surface area contributed by atoms with Gasteiger partial charge >= 0.3 is 0 Å². The maximum absolute atomic E-state index is 4.29. The molecule has 0 saturated heterocycles. The topological polar surface area (TPSA) is 42.7 Å². The van der Waals surface area contributed by atoms with Gasteiger partial charge < -0.3 is 9.88 Å². The lowest BCUT2D eigenvalue weighted by Gasteiger charge is -2.06. The van der Waals surface area contributed by atoms with Crippen LogP contribution in [0.5, 0.6) is 0 Å². The molecular formula is C13H12N4. The fourth-order valence-electron chi connectivity index (χ4n) is 1.77. The van der Waals surface area contributed by atoms with E-state index in [1.165, 1.54) is 0 Å². The molecule has 0 unspecified atom stereocenters. The fraction of sp³-hybridized carbons (Fsp3) is 0.0769. The lowest BCUT2D eigenvalue weighted by atomic mass is 10.2. The van der Waals surface area contributed by atoms with Crippen molar-refractivity contribution < 1.29 is 0 Å². The van der Waals surface area contributed by atoms with Crippen LogP contribution in [0.3, 0.4) is 0 Å². The van der Waals surface area contributed by atoms with Gasteiger partial charge in [-0.3, -0.25) is 4.98 Å². The van der Waals surface area contributed by atoms with E-state index in [0.29, 0.717) is 0 Å². The molecule has 1 N–H and O–H groups in total. The molecule has 2 aromatic heterocycles. The number of aryl methyl sites for hydroxylation is 1. The van der Waals surface area contributed by atoms with Crippen molar-refractivity contribution in [1.82, 2.24) is 14.5 Å². The van der Waals surface area contributed by atoms with Crippen molar-refractivity contribution in [2.24, 2.45) is 7.05 Å². The van der Waals surface area contributed by atoms with E-state index < -0.39 is 0 Å². The molecule has 0 aliphatic carbocycles. The number of fused-ring (bicyclic) bond motifs is 1. The van der Waals surface area contributed by atoms with Crippen LogP contribution in [-0.4, -0.2) is 14.5 Å². The molecule has 0 radical (unpaired) electrons. The van der Waals surface area contributed by atoms with Gasteiger partial charge in [-0.2, -0.15) is 0 Å². The third kappa shape index (κ3) is 1.85. The molecule has 0 fully saturated rings. The average molecular weight is 224 g/mol. The van der Waals surface area contributed by atoms with Crippen molar-refractivity contribution in [2.45, 2.75) is 0 Å². The van der Waals surface area contributed by atoms with Gasteiger partial charge in [-0.05, 0) is 24.3 Å².